The van der Waals surface area contributed by atoms with Gasteiger partial charge in [-0.05, 0) is 36.5 Å². The molecule has 7 heteroatoms. The Balaban J connectivity index is 1.96. The minimum atomic E-state index is -4.40. The van der Waals surface area contributed by atoms with E-state index in [2.05, 4.69) is 5.32 Å². The lowest BCUT2D eigenvalue weighted by atomic mass is 9.83. The van der Waals surface area contributed by atoms with E-state index in [-0.39, 0.29) is 12.3 Å². The highest BCUT2D eigenvalue weighted by Crippen LogP contribution is 2.29. The van der Waals surface area contributed by atoms with Crippen molar-refractivity contribution in [2.75, 3.05) is 0 Å². The molecule has 2 amide bonds. The molecule has 3 N–H and O–H groups in total. The molecule has 0 heterocycles. The summed E-state index contributed by atoms with van der Waals surface area (Å²) in [5.74, 6) is -0.945. The fourth-order valence-electron chi connectivity index (χ4n) is 3.11. The van der Waals surface area contributed by atoms with Crippen LogP contribution in [0.15, 0.2) is 24.3 Å². The molecular formula is C17H21F3N2O2. The fourth-order valence-corrected chi connectivity index (χ4v) is 3.11. The van der Waals surface area contributed by atoms with Gasteiger partial charge in [-0.2, -0.15) is 13.2 Å². The van der Waals surface area contributed by atoms with Crippen molar-refractivity contribution in [3.8, 4) is 0 Å². The van der Waals surface area contributed by atoms with Crippen LogP contribution in [0, 0.1) is 5.92 Å². The minimum absolute atomic E-state index is 0.0350. The summed E-state index contributed by atoms with van der Waals surface area (Å²) in [5, 5.41) is 2.64. The van der Waals surface area contributed by atoms with Crippen LogP contribution in [0.2, 0.25) is 0 Å². The largest absolute Gasteiger partial charge is 0.416 e. The number of carbonyl (C=O) groups is 2. The molecule has 0 unspecified atom stereocenters. The highest BCUT2D eigenvalue weighted by Gasteiger charge is 2.31. The zero-order valence-corrected chi connectivity index (χ0v) is 13.2. The third-order valence-electron chi connectivity index (χ3n) is 4.39. The van der Waals surface area contributed by atoms with Gasteiger partial charge in [-0.3, -0.25) is 9.59 Å². The molecule has 0 aromatic heterocycles. The highest BCUT2D eigenvalue weighted by molar-refractivity contribution is 5.87. The van der Waals surface area contributed by atoms with Crippen LogP contribution in [0.1, 0.15) is 43.2 Å². The van der Waals surface area contributed by atoms with Gasteiger partial charge in [-0.15, -0.1) is 0 Å². The Morgan fingerprint density at radius 3 is 2.21 bits per heavy atom. The summed E-state index contributed by atoms with van der Waals surface area (Å²) in [5.41, 5.74) is 5.09. The van der Waals surface area contributed by atoms with E-state index in [1.165, 1.54) is 12.1 Å². The van der Waals surface area contributed by atoms with Gasteiger partial charge in [0.05, 0.1) is 12.0 Å². The van der Waals surface area contributed by atoms with E-state index in [9.17, 15) is 22.8 Å². The topological polar surface area (TPSA) is 72.2 Å². The number of halogens is 3. The smallest absolute Gasteiger partial charge is 0.368 e. The van der Waals surface area contributed by atoms with Gasteiger partial charge >= 0.3 is 6.18 Å². The first kappa shape index (κ1) is 18.3. The summed E-state index contributed by atoms with van der Waals surface area (Å²) in [6.45, 7) is 0. The first-order chi connectivity index (χ1) is 11.3. The molecule has 1 atom stereocenters. The number of primary amides is 1. The van der Waals surface area contributed by atoms with Gasteiger partial charge in [0.15, 0.2) is 0 Å². The van der Waals surface area contributed by atoms with E-state index in [4.69, 9.17) is 5.73 Å². The van der Waals surface area contributed by atoms with Crippen molar-refractivity contribution < 1.29 is 22.8 Å². The summed E-state index contributed by atoms with van der Waals surface area (Å²) in [7, 11) is 0. The molecule has 24 heavy (non-hydrogen) atoms. The van der Waals surface area contributed by atoms with Gasteiger partial charge < -0.3 is 11.1 Å². The summed E-state index contributed by atoms with van der Waals surface area (Å²) >= 11 is 0. The van der Waals surface area contributed by atoms with Crippen molar-refractivity contribution in [1.29, 1.82) is 0 Å². The van der Waals surface area contributed by atoms with Gasteiger partial charge in [-0.25, -0.2) is 0 Å². The predicted octanol–water partition coefficient (Wildman–Crippen LogP) is 2.80. The fraction of sp³-hybridized carbons (Fsp3) is 0.529. The lowest BCUT2D eigenvalue weighted by Crippen LogP contribution is -2.50. The molecule has 1 fully saturated rings. The van der Waals surface area contributed by atoms with Gasteiger partial charge in [0.1, 0.15) is 6.04 Å². The SMILES string of the molecule is NC(=O)[C@H](NC(=O)Cc1ccc(C(F)(F)F)cc1)C1CCCCC1. The first-order valence-corrected chi connectivity index (χ1v) is 8.02. The van der Waals surface area contributed by atoms with E-state index < -0.39 is 29.6 Å². The van der Waals surface area contributed by atoms with Crippen LogP contribution in [0.25, 0.3) is 0 Å². The van der Waals surface area contributed by atoms with Crippen molar-refractivity contribution in [1.82, 2.24) is 5.32 Å². The van der Waals surface area contributed by atoms with Crippen molar-refractivity contribution in [3.63, 3.8) is 0 Å². The van der Waals surface area contributed by atoms with Crippen LogP contribution in [0.5, 0.6) is 0 Å². The van der Waals surface area contributed by atoms with Crippen LogP contribution >= 0.6 is 0 Å². The molecule has 0 saturated heterocycles. The summed E-state index contributed by atoms with van der Waals surface area (Å²) < 4.78 is 37.6. The molecule has 1 aromatic rings. The Morgan fingerprint density at radius 1 is 1.12 bits per heavy atom. The first-order valence-electron chi connectivity index (χ1n) is 8.02. The monoisotopic (exact) mass is 342 g/mol. The molecule has 0 bridgehead atoms. The quantitative estimate of drug-likeness (QED) is 0.864. The second-order valence-electron chi connectivity index (χ2n) is 6.22. The van der Waals surface area contributed by atoms with Gasteiger partial charge in [0.25, 0.3) is 0 Å². The van der Waals surface area contributed by atoms with Crippen LogP contribution in [-0.4, -0.2) is 17.9 Å². The third kappa shape index (κ3) is 4.97. The van der Waals surface area contributed by atoms with Gasteiger partial charge in [-0.1, -0.05) is 31.4 Å². The molecule has 1 saturated carbocycles. The number of alkyl halides is 3. The van der Waals surface area contributed by atoms with E-state index in [0.29, 0.717) is 5.56 Å². The molecule has 1 aliphatic rings. The Bertz CT molecular complexity index is 578. The summed E-state index contributed by atoms with van der Waals surface area (Å²) in [6, 6.07) is 3.70. The molecule has 2 rings (SSSR count). The minimum Gasteiger partial charge on any atom is -0.368 e. The molecule has 4 nitrogen and oxygen atoms in total. The van der Waals surface area contributed by atoms with E-state index in [1.54, 1.807) is 0 Å². The summed E-state index contributed by atoms with van der Waals surface area (Å²) in [4.78, 5) is 23.7. The summed E-state index contributed by atoms with van der Waals surface area (Å²) in [6.07, 6.45) is 0.309. The maximum absolute atomic E-state index is 12.5. The number of benzene rings is 1. The molecule has 0 aliphatic heterocycles. The van der Waals surface area contributed by atoms with Crippen molar-refractivity contribution in [2.24, 2.45) is 11.7 Å². The van der Waals surface area contributed by atoms with E-state index in [1.807, 2.05) is 0 Å². The molecule has 0 spiro atoms. The lowest BCUT2D eigenvalue weighted by Gasteiger charge is -2.28. The normalized spacial score (nSPS) is 17.3. The van der Waals surface area contributed by atoms with E-state index in [0.717, 1.165) is 44.2 Å². The molecular weight excluding hydrogens is 321 g/mol. The number of amides is 2. The second-order valence-corrected chi connectivity index (χ2v) is 6.22. The molecule has 1 aromatic carbocycles. The third-order valence-corrected chi connectivity index (χ3v) is 4.39. The van der Waals surface area contributed by atoms with Gasteiger partial charge in [0.2, 0.25) is 11.8 Å². The number of nitrogens with one attached hydrogen (secondary N) is 1. The van der Waals surface area contributed by atoms with Crippen molar-refractivity contribution >= 4 is 11.8 Å². The number of carbonyl (C=O) groups excluding carboxylic acids is 2. The van der Waals surface area contributed by atoms with Crippen LogP contribution in [-0.2, 0) is 22.2 Å². The number of nitrogens with two attached hydrogens (primary N) is 1. The van der Waals surface area contributed by atoms with Crippen LogP contribution < -0.4 is 11.1 Å². The van der Waals surface area contributed by atoms with Crippen LogP contribution in [0.3, 0.4) is 0 Å². The van der Waals surface area contributed by atoms with Crippen molar-refractivity contribution in [2.45, 2.75) is 50.7 Å². The van der Waals surface area contributed by atoms with Gasteiger partial charge in [0, 0.05) is 0 Å². The van der Waals surface area contributed by atoms with Crippen LogP contribution in [0.4, 0.5) is 13.2 Å². The zero-order chi connectivity index (χ0) is 17.7. The second kappa shape index (κ2) is 7.68. The Hall–Kier alpha value is -2.05. The van der Waals surface area contributed by atoms with Crippen molar-refractivity contribution in [3.05, 3.63) is 35.4 Å². The highest BCUT2D eigenvalue weighted by atomic mass is 19.4. The lowest BCUT2D eigenvalue weighted by molar-refractivity contribution is -0.137. The predicted molar refractivity (Wildman–Crippen MR) is 82.8 cm³/mol. The Morgan fingerprint density at radius 2 is 1.71 bits per heavy atom. The Kier molecular flexibility index (Phi) is 5.85. The number of hydrogen-bond acceptors (Lipinski definition) is 2. The number of rotatable bonds is 5. The zero-order valence-electron chi connectivity index (χ0n) is 13.2. The maximum atomic E-state index is 12.5. The average molecular weight is 342 g/mol. The average Bonchev–Trinajstić information content (AvgIpc) is 2.53. The molecule has 0 radical (unpaired) electrons. The number of hydrogen-bond donors (Lipinski definition) is 2. The maximum Gasteiger partial charge on any atom is 0.416 e. The Labute approximate surface area is 138 Å². The molecule has 132 valence electrons. The van der Waals surface area contributed by atoms with E-state index >= 15 is 0 Å². The standard InChI is InChI=1S/C17H21F3N2O2/c18-17(19,20)13-8-6-11(7-9-13)10-14(23)22-15(16(21)24)12-4-2-1-3-5-12/h6-9,12,15H,1-5,10H2,(H2,21,24)(H,22,23)/t15-/m1/s1. The molecule has 1 aliphatic carbocycles.